The van der Waals surface area contributed by atoms with Gasteiger partial charge in [0.15, 0.2) is 0 Å². The summed E-state index contributed by atoms with van der Waals surface area (Å²) in [5.41, 5.74) is 1.29. The first kappa shape index (κ1) is 11.2. The molecule has 0 saturated carbocycles. The Morgan fingerprint density at radius 3 is 2.80 bits per heavy atom. The third-order valence-corrected chi connectivity index (χ3v) is 2.22. The van der Waals surface area contributed by atoms with E-state index in [1.807, 2.05) is 6.07 Å². The lowest BCUT2D eigenvalue weighted by Crippen LogP contribution is -1.94. The van der Waals surface area contributed by atoms with E-state index in [9.17, 15) is 10.1 Å². The van der Waals surface area contributed by atoms with Crippen molar-refractivity contribution in [3.05, 3.63) is 39.4 Å². The first-order valence-electron chi connectivity index (χ1n) is 4.86. The Morgan fingerprint density at radius 1 is 1.53 bits per heavy atom. The Labute approximate surface area is 88.3 Å². The molecule has 0 aromatic heterocycles. The van der Waals surface area contributed by atoms with Crippen LogP contribution >= 0.6 is 0 Å². The van der Waals surface area contributed by atoms with Crippen LogP contribution in [0.1, 0.15) is 30.9 Å². The molecule has 15 heavy (non-hydrogen) atoms. The maximum absolute atomic E-state index is 10.5. The molecule has 0 amide bonds. The average molecular weight is 204 g/mol. The second kappa shape index (κ2) is 5.11. The van der Waals surface area contributed by atoms with Crippen molar-refractivity contribution in [3.8, 4) is 6.07 Å². The molecule has 4 nitrogen and oxygen atoms in total. The molecule has 0 aliphatic heterocycles. The van der Waals surface area contributed by atoms with Gasteiger partial charge in [-0.3, -0.25) is 10.1 Å². The molecule has 0 saturated heterocycles. The highest BCUT2D eigenvalue weighted by molar-refractivity contribution is 5.46. The fourth-order valence-corrected chi connectivity index (χ4v) is 1.37. The van der Waals surface area contributed by atoms with Gasteiger partial charge in [-0.2, -0.15) is 5.26 Å². The monoisotopic (exact) mass is 204 g/mol. The van der Waals surface area contributed by atoms with E-state index in [0.717, 1.165) is 24.8 Å². The molecular weight excluding hydrogens is 192 g/mol. The van der Waals surface area contributed by atoms with Gasteiger partial charge in [0.1, 0.15) is 0 Å². The molecule has 0 spiro atoms. The zero-order valence-corrected chi connectivity index (χ0v) is 8.56. The molecule has 78 valence electrons. The van der Waals surface area contributed by atoms with Gasteiger partial charge in [0.2, 0.25) is 0 Å². The quantitative estimate of drug-likeness (QED) is 0.559. The molecule has 0 aliphatic carbocycles. The Kier molecular flexibility index (Phi) is 3.81. The highest BCUT2D eigenvalue weighted by Crippen LogP contribution is 2.18. The van der Waals surface area contributed by atoms with Crippen molar-refractivity contribution in [2.24, 2.45) is 0 Å². The number of rotatable bonds is 4. The maximum Gasteiger partial charge on any atom is 0.270 e. The summed E-state index contributed by atoms with van der Waals surface area (Å²) in [6.07, 6.45) is 2.84. The Bertz CT molecular complexity index is 408. The average Bonchev–Trinajstić information content (AvgIpc) is 2.25. The predicted octanol–water partition coefficient (Wildman–Crippen LogP) is 2.81. The number of benzene rings is 1. The summed E-state index contributed by atoms with van der Waals surface area (Å²) in [4.78, 5) is 10.0. The van der Waals surface area contributed by atoms with Crippen molar-refractivity contribution >= 4 is 5.69 Å². The second-order valence-electron chi connectivity index (χ2n) is 3.31. The van der Waals surface area contributed by atoms with E-state index in [2.05, 4.69) is 6.92 Å². The van der Waals surface area contributed by atoms with Crippen LogP contribution < -0.4 is 0 Å². The lowest BCUT2D eigenvalue weighted by molar-refractivity contribution is -0.384. The topological polar surface area (TPSA) is 66.9 Å². The van der Waals surface area contributed by atoms with Crippen molar-refractivity contribution < 1.29 is 4.92 Å². The molecule has 0 aliphatic rings. The summed E-state index contributed by atoms with van der Waals surface area (Å²) in [5, 5.41) is 19.3. The number of unbranched alkanes of at least 4 members (excludes halogenated alkanes) is 1. The number of aryl methyl sites for hydroxylation is 1. The van der Waals surface area contributed by atoms with Crippen LogP contribution in [0.5, 0.6) is 0 Å². The van der Waals surface area contributed by atoms with Crippen LogP contribution in [0.3, 0.4) is 0 Å². The van der Waals surface area contributed by atoms with Crippen LogP contribution in [-0.2, 0) is 6.42 Å². The van der Waals surface area contributed by atoms with Gasteiger partial charge in [0.05, 0.1) is 16.6 Å². The zero-order valence-electron chi connectivity index (χ0n) is 8.56. The summed E-state index contributed by atoms with van der Waals surface area (Å²) in [6.45, 7) is 2.07. The third-order valence-electron chi connectivity index (χ3n) is 2.22. The van der Waals surface area contributed by atoms with Crippen LogP contribution in [0.2, 0.25) is 0 Å². The molecule has 0 bridgehead atoms. The lowest BCUT2D eigenvalue weighted by Gasteiger charge is -2.02. The van der Waals surface area contributed by atoms with Gasteiger partial charge < -0.3 is 0 Å². The SMILES string of the molecule is CCCCc1ccc([N+](=O)[O-])cc1C#N. The van der Waals surface area contributed by atoms with Crippen molar-refractivity contribution in [2.45, 2.75) is 26.2 Å². The van der Waals surface area contributed by atoms with E-state index >= 15 is 0 Å². The second-order valence-corrected chi connectivity index (χ2v) is 3.31. The van der Waals surface area contributed by atoms with Crippen molar-refractivity contribution in [1.82, 2.24) is 0 Å². The molecule has 0 heterocycles. The molecular formula is C11H12N2O2. The van der Waals surface area contributed by atoms with E-state index < -0.39 is 4.92 Å². The van der Waals surface area contributed by atoms with Crippen LogP contribution in [0.15, 0.2) is 18.2 Å². The van der Waals surface area contributed by atoms with Crippen LogP contribution in [0.4, 0.5) is 5.69 Å². The smallest absolute Gasteiger partial charge is 0.258 e. The van der Waals surface area contributed by atoms with Gasteiger partial charge in [-0.15, -0.1) is 0 Å². The fraction of sp³-hybridized carbons (Fsp3) is 0.364. The van der Waals surface area contributed by atoms with Crippen LogP contribution in [0.25, 0.3) is 0 Å². The Hall–Kier alpha value is -1.89. The maximum atomic E-state index is 10.5. The standard InChI is InChI=1S/C11H12N2O2/c1-2-3-4-9-5-6-11(13(14)15)7-10(9)8-12/h5-7H,2-4H2,1H3. The molecule has 0 radical (unpaired) electrons. The third kappa shape index (κ3) is 2.78. The minimum absolute atomic E-state index is 0.0215. The van der Waals surface area contributed by atoms with E-state index in [-0.39, 0.29) is 5.69 Å². The molecule has 1 aromatic rings. The summed E-state index contributed by atoms with van der Waals surface area (Å²) in [6, 6.07) is 6.46. The summed E-state index contributed by atoms with van der Waals surface area (Å²) >= 11 is 0. The van der Waals surface area contributed by atoms with Crippen molar-refractivity contribution in [1.29, 1.82) is 5.26 Å². The molecule has 4 heteroatoms. The van der Waals surface area contributed by atoms with Gasteiger partial charge in [-0.1, -0.05) is 19.4 Å². The first-order chi connectivity index (χ1) is 7.19. The lowest BCUT2D eigenvalue weighted by atomic mass is 10.0. The highest BCUT2D eigenvalue weighted by atomic mass is 16.6. The highest BCUT2D eigenvalue weighted by Gasteiger charge is 2.09. The minimum Gasteiger partial charge on any atom is -0.258 e. The van der Waals surface area contributed by atoms with Crippen LogP contribution in [0, 0.1) is 21.4 Å². The number of non-ortho nitro benzene ring substituents is 1. The van der Waals surface area contributed by atoms with Crippen LogP contribution in [-0.4, -0.2) is 4.92 Å². The van der Waals surface area contributed by atoms with Crippen molar-refractivity contribution in [2.75, 3.05) is 0 Å². The summed E-state index contributed by atoms with van der Waals surface area (Å²) < 4.78 is 0. The van der Waals surface area contributed by atoms with Gasteiger partial charge in [0.25, 0.3) is 5.69 Å². The van der Waals surface area contributed by atoms with Gasteiger partial charge in [-0.05, 0) is 18.4 Å². The Morgan fingerprint density at radius 2 is 2.27 bits per heavy atom. The number of nitrogens with zero attached hydrogens (tertiary/aromatic N) is 2. The normalized spacial score (nSPS) is 9.60. The van der Waals surface area contributed by atoms with Gasteiger partial charge in [-0.25, -0.2) is 0 Å². The van der Waals surface area contributed by atoms with E-state index in [0.29, 0.717) is 5.56 Å². The number of hydrogen-bond acceptors (Lipinski definition) is 3. The predicted molar refractivity (Wildman–Crippen MR) is 56.4 cm³/mol. The van der Waals surface area contributed by atoms with E-state index in [1.54, 1.807) is 6.07 Å². The van der Waals surface area contributed by atoms with E-state index in [1.165, 1.54) is 12.1 Å². The number of nitro benzene ring substituents is 1. The number of nitriles is 1. The summed E-state index contributed by atoms with van der Waals surface area (Å²) in [5.74, 6) is 0. The van der Waals surface area contributed by atoms with Crippen molar-refractivity contribution in [3.63, 3.8) is 0 Å². The molecule has 1 rings (SSSR count). The molecule has 0 N–H and O–H groups in total. The molecule has 0 atom stereocenters. The zero-order chi connectivity index (χ0) is 11.3. The molecule has 0 fully saturated rings. The minimum atomic E-state index is -0.482. The Balaban J connectivity index is 3.00. The largest absolute Gasteiger partial charge is 0.270 e. The molecule has 0 unspecified atom stereocenters. The van der Waals surface area contributed by atoms with Gasteiger partial charge >= 0.3 is 0 Å². The molecule has 1 aromatic carbocycles. The summed E-state index contributed by atoms with van der Waals surface area (Å²) in [7, 11) is 0. The number of nitro groups is 1. The first-order valence-corrected chi connectivity index (χ1v) is 4.86. The van der Waals surface area contributed by atoms with Gasteiger partial charge in [0, 0.05) is 12.1 Å². The number of hydrogen-bond donors (Lipinski definition) is 0. The van der Waals surface area contributed by atoms with E-state index in [4.69, 9.17) is 5.26 Å². The fourth-order valence-electron chi connectivity index (χ4n) is 1.37.